The molecule has 2 aliphatic rings. The van der Waals surface area contributed by atoms with Crippen LogP contribution in [0, 0.1) is 5.92 Å². The standard InChI is InChI=1S/C22H34N2O4/c1-4-12-23-20(25)15-24-13-11-22(26)10-6-5-7-18(22)21(24)17-9-8-16(27-2)14-19(17)28-3/h8-9,14,18,21,26H,4-7,10-13,15H2,1-3H3,(H,23,25)/t18-,21-,22-/m1/s1. The number of fused-ring (bicyclic) bond motifs is 1. The number of carbonyl (C=O) groups excluding carboxylic acids is 1. The van der Waals surface area contributed by atoms with Gasteiger partial charge in [0.1, 0.15) is 11.5 Å². The Labute approximate surface area is 168 Å². The summed E-state index contributed by atoms with van der Waals surface area (Å²) in [4.78, 5) is 14.7. The Balaban J connectivity index is 1.95. The van der Waals surface area contributed by atoms with Gasteiger partial charge in [0.05, 0.1) is 26.4 Å². The zero-order valence-corrected chi connectivity index (χ0v) is 17.4. The van der Waals surface area contributed by atoms with Crippen LogP contribution in [0.5, 0.6) is 11.5 Å². The predicted octanol–water partition coefficient (Wildman–Crippen LogP) is 2.90. The van der Waals surface area contributed by atoms with Crippen LogP contribution in [0.4, 0.5) is 0 Å². The third-order valence-corrected chi connectivity index (χ3v) is 6.35. The van der Waals surface area contributed by atoms with Crippen LogP contribution in [0.2, 0.25) is 0 Å². The minimum Gasteiger partial charge on any atom is -0.497 e. The van der Waals surface area contributed by atoms with Crippen LogP contribution >= 0.6 is 0 Å². The molecular weight excluding hydrogens is 356 g/mol. The molecule has 0 radical (unpaired) electrons. The summed E-state index contributed by atoms with van der Waals surface area (Å²) in [5, 5.41) is 14.4. The molecule has 1 aromatic rings. The third-order valence-electron chi connectivity index (χ3n) is 6.35. The highest BCUT2D eigenvalue weighted by Crippen LogP contribution is 2.51. The first-order chi connectivity index (χ1) is 13.5. The molecule has 6 nitrogen and oxygen atoms in total. The SMILES string of the molecule is CCCNC(=O)CN1CC[C@]2(O)CCCC[C@@H]2[C@H]1c1ccc(OC)cc1OC. The van der Waals surface area contributed by atoms with E-state index in [2.05, 4.69) is 10.2 Å². The molecule has 1 aromatic carbocycles. The number of aliphatic hydroxyl groups is 1. The van der Waals surface area contributed by atoms with Crippen molar-refractivity contribution >= 4 is 5.91 Å². The molecule has 1 amide bonds. The van der Waals surface area contributed by atoms with E-state index >= 15 is 0 Å². The normalized spacial score (nSPS) is 27.7. The molecule has 1 heterocycles. The first-order valence-corrected chi connectivity index (χ1v) is 10.5. The lowest BCUT2D eigenvalue weighted by Crippen LogP contribution is -2.56. The van der Waals surface area contributed by atoms with E-state index in [1.807, 2.05) is 25.1 Å². The first-order valence-electron chi connectivity index (χ1n) is 10.5. The van der Waals surface area contributed by atoms with Gasteiger partial charge in [-0.25, -0.2) is 0 Å². The molecule has 0 unspecified atom stereocenters. The fourth-order valence-electron chi connectivity index (χ4n) is 4.90. The fraction of sp³-hybridized carbons (Fsp3) is 0.682. The number of methoxy groups -OCH3 is 2. The van der Waals surface area contributed by atoms with Gasteiger partial charge in [-0.15, -0.1) is 0 Å². The van der Waals surface area contributed by atoms with E-state index in [1.54, 1.807) is 14.2 Å². The molecule has 2 fully saturated rings. The van der Waals surface area contributed by atoms with E-state index in [-0.39, 0.29) is 17.9 Å². The van der Waals surface area contributed by atoms with Gasteiger partial charge >= 0.3 is 0 Å². The van der Waals surface area contributed by atoms with Crippen LogP contribution < -0.4 is 14.8 Å². The Kier molecular flexibility index (Phi) is 6.83. The summed E-state index contributed by atoms with van der Waals surface area (Å²) in [5.41, 5.74) is 0.362. The van der Waals surface area contributed by atoms with Gasteiger partial charge in [-0.3, -0.25) is 9.69 Å². The van der Waals surface area contributed by atoms with E-state index in [9.17, 15) is 9.90 Å². The number of ether oxygens (including phenoxy) is 2. The molecule has 156 valence electrons. The van der Waals surface area contributed by atoms with Gasteiger partial charge in [-0.05, 0) is 31.7 Å². The van der Waals surface area contributed by atoms with Crippen molar-refractivity contribution in [2.24, 2.45) is 5.92 Å². The molecule has 0 bridgehead atoms. The van der Waals surface area contributed by atoms with Gasteiger partial charge in [-0.2, -0.15) is 0 Å². The number of hydrogen-bond acceptors (Lipinski definition) is 5. The number of amides is 1. The minimum atomic E-state index is -0.662. The number of carbonyl (C=O) groups is 1. The van der Waals surface area contributed by atoms with Gasteiger partial charge < -0.3 is 19.9 Å². The van der Waals surface area contributed by atoms with E-state index in [4.69, 9.17) is 9.47 Å². The molecule has 1 saturated heterocycles. The Hall–Kier alpha value is -1.79. The summed E-state index contributed by atoms with van der Waals surface area (Å²) < 4.78 is 11.0. The van der Waals surface area contributed by atoms with Crippen molar-refractivity contribution in [3.63, 3.8) is 0 Å². The highest BCUT2D eigenvalue weighted by atomic mass is 16.5. The van der Waals surface area contributed by atoms with Crippen LogP contribution in [-0.2, 0) is 4.79 Å². The van der Waals surface area contributed by atoms with Crippen molar-refractivity contribution < 1.29 is 19.4 Å². The second-order valence-electron chi connectivity index (χ2n) is 8.08. The van der Waals surface area contributed by atoms with Crippen molar-refractivity contribution in [1.82, 2.24) is 10.2 Å². The Morgan fingerprint density at radius 2 is 2.11 bits per heavy atom. The summed E-state index contributed by atoms with van der Waals surface area (Å²) in [6, 6.07) is 5.80. The summed E-state index contributed by atoms with van der Waals surface area (Å²) in [6.45, 7) is 3.78. The maximum absolute atomic E-state index is 12.5. The van der Waals surface area contributed by atoms with Gasteiger partial charge in [0.2, 0.25) is 5.91 Å². The van der Waals surface area contributed by atoms with Gasteiger partial charge in [0, 0.05) is 36.7 Å². The van der Waals surface area contributed by atoms with E-state index < -0.39 is 5.60 Å². The maximum Gasteiger partial charge on any atom is 0.234 e. The Morgan fingerprint density at radius 3 is 2.82 bits per heavy atom. The molecule has 28 heavy (non-hydrogen) atoms. The quantitative estimate of drug-likeness (QED) is 0.749. The van der Waals surface area contributed by atoms with Crippen LogP contribution in [-0.4, -0.2) is 55.4 Å². The molecule has 0 spiro atoms. The maximum atomic E-state index is 12.5. The van der Waals surface area contributed by atoms with Crippen molar-refractivity contribution in [2.45, 2.75) is 57.1 Å². The monoisotopic (exact) mass is 390 g/mol. The molecular formula is C22H34N2O4. The summed E-state index contributed by atoms with van der Waals surface area (Å²) >= 11 is 0. The van der Waals surface area contributed by atoms with E-state index in [0.717, 1.165) is 49.2 Å². The largest absolute Gasteiger partial charge is 0.497 e. The second kappa shape index (κ2) is 9.14. The molecule has 1 aliphatic carbocycles. The van der Waals surface area contributed by atoms with Crippen molar-refractivity contribution in [2.75, 3.05) is 33.9 Å². The highest BCUT2D eigenvalue weighted by Gasteiger charge is 2.49. The summed E-state index contributed by atoms with van der Waals surface area (Å²) in [7, 11) is 3.30. The van der Waals surface area contributed by atoms with Crippen LogP contribution in [0.3, 0.4) is 0 Å². The highest BCUT2D eigenvalue weighted by molar-refractivity contribution is 5.78. The number of piperidine rings is 1. The minimum absolute atomic E-state index is 0.0422. The van der Waals surface area contributed by atoms with Crippen LogP contribution in [0.15, 0.2) is 18.2 Å². The lowest BCUT2D eigenvalue weighted by molar-refractivity contribution is -0.138. The molecule has 3 rings (SSSR count). The zero-order valence-electron chi connectivity index (χ0n) is 17.4. The summed E-state index contributed by atoms with van der Waals surface area (Å²) in [5.74, 6) is 1.62. The predicted molar refractivity (Wildman–Crippen MR) is 109 cm³/mol. The second-order valence-corrected chi connectivity index (χ2v) is 8.08. The number of likely N-dealkylation sites (tertiary alicyclic amines) is 1. The molecule has 0 aromatic heterocycles. The average Bonchev–Trinajstić information content (AvgIpc) is 2.71. The van der Waals surface area contributed by atoms with Gasteiger partial charge in [0.25, 0.3) is 0 Å². The fourth-order valence-corrected chi connectivity index (χ4v) is 4.90. The molecule has 1 aliphatic heterocycles. The number of benzene rings is 1. The molecule has 2 N–H and O–H groups in total. The topological polar surface area (TPSA) is 71.0 Å². The lowest BCUT2D eigenvalue weighted by atomic mass is 9.66. The number of nitrogens with zero attached hydrogens (tertiary/aromatic N) is 1. The number of rotatable bonds is 7. The number of nitrogens with one attached hydrogen (secondary N) is 1. The van der Waals surface area contributed by atoms with Crippen molar-refractivity contribution in [3.05, 3.63) is 23.8 Å². The smallest absolute Gasteiger partial charge is 0.234 e. The van der Waals surface area contributed by atoms with Crippen LogP contribution in [0.1, 0.15) is 57.1 Å². The third kappa shape index (κ3) is 4.28. The zero-order chi connectivity index (χ0) is 20.1. The Morgan fingerprint density at radius 1 is 1.29 bits per heavy atom. The molecule has 1 saturated carbocycles. The number of hydrogen-bond donors (Lipinski definition) is 2. The van der Waals surface area contributed by atoms with Crippen molar-refractivity contribution in [3.8, 4) is 11.5 Å². The molecule has 3 atom stereocenters. The Bertz CT molecular complexity index is 681. The van der Waals surface area contributed by atoms with Crippen LogP contribution in [0.25, 0.3) is 0 Å². The van der Waals surface area contributed by atoms with Gasteiger partial charge in [-0.1, -0.05) is 25.8 Å². The molecule has 6 heteroatoms. The van der Waals surface area contributed by atoms with Crippen molar-refractivity contribution in [1.29, 1.82) is 0 Å². The lowest BCUT2D eigenvalue weighted by Gasteiger charge is -2.52. The van der Waals surface area contributed by atoms with Gasteiger partial charge in [0.15, 0.2) is 0 Å². The first kappa shape index (κ1) is 20.9. The van der Waals surface area contributed by atoms with E-state index in [0.29, 0.717) is 26.1 Å². The van der Waals surface area contributed by atoms with E-state index in [1.165, 1.54) is 0 Å². The average molecular weight is 391 g/mol. The summed E-state index contributed by atoms with van der Waals surface area (Å²) in [6.07, 6.45) is 5.61.